The molecule has 0 aliphatic carbocycles. The number of hydrogen-bond donors (Lipinski definition) is 2. The highest BCUT2D eigenvalue weighted by atomic mass is 32.1. The van der Waals surface area contributed by atoms with E-state index < -0.39 is 34.5 Å². The van der Waals surface area contributed by atoms with Crippen LogP contribution in [0.4, 0.5) is 20.2 Å². The summed E-state index contributed by atoms with van der Waals surface area (Å²) in [6.45, 7) is 3.47. The van der Waals surface area contributed by atoms with Gasteiger partial charge >= 0.3 is 5.69 Å². The Morgan fingerprint density at radius 1 is 1.34 bits per heavy atom. The number of nitro groups is 1. The maximum absolute atomic E-state index is 13.6. The Labute approximate surface area is 199 Å². The van der Waals surface area contributed by atoms with Crippen LogP contribution in [0.1, 0.15) is 44.9 Å². The number of hydrogen-bond acceptors (Lipinski definition) is 8. The van der Waals surface area contributed by atoms with Gasteiger partial charge in [-0.1, -0.05) is 0 Å². The lowest BCUT2D eigenvalue weighted by Crippen LogP contribution is -2.21. The van der Waals surface area contributed by atoms with Gasteiger partial charge in [0.2, 0.25) is 5.69 Å². The number of carbonyl (C=O) groups excluding carboxylic acids is 2. The van der Waals surface area contributed by atoms with Crippen molar-refractivity contribution in [2.75, 3.05) is 5.32 Å². The number of aryl methyl sites for hydroxylation is 3. The summed E-state index contributed by atoms with van der Waals surface area (Å²) in [7, 11) is 1.65. The Morgan fingerprint density at radius 2 is 2.06 bits per heavy atom. The summed E-state index contributed by atoms with van der Waals surface area (Å²) >= 11 is 0.728. The molecule has 0 saturated heterocycles. The van der Waals surface area contributed by atoms with Crippen molar-refractivity contribution >= 4 is 44.7 Å². The van der Waals surface area contributed by atoms with Crippen molar-refractivity contribution < 1.29 is 23.3 Å². The van der Waals surface area contributed by atoms with Gasteiger partial charge in [0.25, 0.3) is 18.2 Å². The largest absolute Gasteiger partial charge is 0.365 e. The number of fused-ring (bicyclic) bond motifs is 1. The normalized spacial score (nSPS) is 11.4. The van der Waals surface area contributed by atoms with Crippen LogP contribution in [0, 0.1) is 17.0 Å². The van der Waals surface area contributed by atoms with Crippen LogP contribution < -0.4 is 11.1 Å². The number of amides is 2. The average molecular weight is 504 g/mol. The molecule has 4 rings (SSSR count). The van der Waals surface area contributed by atoms with Crippen molar-refractivity contribution in [1.82, 2.24) is 24.5 Å². The Bertz CT molecular complexity index is 1510. The van der Waals surface area contributed by atoms with Gasteiger partial charge in [0.15, 0.2) is 0 Å². The third-order valence-electron chi connectivity index (χ3n) is 5.20. The van der Waals surface area contributed by atoms with Crippen LogP contribution >= 0.6 is 11.3 Å². The molecule has 12 nitrogen and oxygen atoms in total. The van der Waals surface area contributed by atoms with E-state index in [0.29, 0.717) is 11.3 Å². The van der Waals surface area contributed by atoms with Crippen molar-refractivity contribution in [2.45, 2.75) is 26.8 Å². The molecule has 0 aliphatic heterocycles. The number of halogens is 2. The number of primary amides is 1. The zero-order valence-corrected chi connectivity index (χ0v) is 19.4. The lowest BCUT2D eigenvalue weighted by atomic mass is 10.0. The fourth-order valence-corrected chi connectivity index (χ4v) is 4.77. The minimum absolute atomic E-state index is 0.0312. The summed E-state index contributed by atoms with van der Waals surface area (Å²) in [6.07, 6.45) is -0.363. The van der Waals surface area contributed by atoms with Gasteiger partial charge in [-0.25, -0.2) is 13.8 Å². The number of pyridine rings is 1. The molecule has 0 aromatic carbocycles. The first-order valence-corrected chi connectivity index (χ1v) is 10.9. The topological polar surface area (TPSA) is 164 Å². The van der Waals surface area contributed by atoms with E-state index in [-0.39, 0.29) is 38.6 Å². The van der Waals surface area contributed by atoms with Crippen LogP contribution in [-0.4, -0.2) is 41.3 Å². The molecule has 35 heavy (non-hydrogen) atoms. The van der Waals surface area contributed by atoms with Crippen LogP contribution in [-0.2, 0) is 13.6 Å². The number of thiophene rings is 1. The maximum Gasteiger partial charge on any atom is 0.320 e. The molecule has 3 N–H and O–H groups in total. The van der Waals surface area contributed by atoms with Gasteiger partial charge in [0, 0.05) is 30.7 Å². The summed E-state index contributed by atoms with van der Waals surface area (Å²) in [5.74, 6) is -1.86. The molecule has 15 heteroatoms. The van der Waals surface area contributed by atoms with E-state index in [4.69, 9.17) is 5.73 Å². The quantitative estimate of drug-likeness (QED) is 0.287. The molecule has 4 aromatic heterocycles. The van der Waals surface area contributed by atoms with Crippen LogP contribution in [0.15, 0.2) is 18.5 Å². The Morgan fingerprint density at radius 3 is 2.60 bits per heavy atom. The lowest BCUT2D eigenvalue weighted by Gasteiger charge is -2.11. The fraction of sp³-hybridized carbons (Fsp3) is 0.250. The number of alkyl halides is 2. The Balaban J connectivity index is 1.99. The highest BCUT2D eigenvalue weighted by Crippen LogP contribution is 2.43. The highest BCUT2D eigenvalue weighted by molar-refractivity contribution is 7.21. The van der Waals surface area contributed by atoms with E-state index >= 15 is 0 Å². The summed E-state index contributed by atoms with van der Waals surface area (Å²) < 4.78 is 29.9. The second kappa shape index (κ2) is 8.83. The van der Waals surface area contributed by atoms with E-state index in [2.05, 4.69) is 20.5 Å². The molecule has 0 spiro atoms. The van der Waals surface area contributed by atoms with Crippen LogP contribution in [0.5, 0.6) is 0 Å². The van der Waals surface area contributed by atoms with Crippen molar-refractivity contribution in [2.24, 2.45) is 12.8 Å². The molecule has 2 amide bonds. The van der Waals surface area contributed by atoms with E-state index in [1.807, 2.05) is 0 Å². The minimum atomic E-state index is -2.91. The smallest absolute Gasteiger partial charge is 0.320 e. The molecule has 0 saturated carbocycles. The van der Waals surface area contributed by atoms with E-state index in [1.165, 1.54) is 4.68 Å². The number of nitrogens with two attached hydrogens (primary N) is 1. The van der Waals surface area contributed by atoms with E-state index in [9.17, 15) is 28.5 Å². The number of carbonyl (C=O) groups is 2. The molecular formula is C20H18F2N8O4S. The van der Waals surface area contributed by atoms with Crippen LogP contribution in [0.2, 0.25) is 0 Å². The van der Waals surface area contributed by atoms with Gasteiger partial charge in [-0.15, -0.1) is 11.3 Å². The first-order chi connectivity index (χ1) is 16.5. The lowest BCUT2D eigenvalue weighted by molar-refractivity contribution is -0.385. The summed E-state index contributed by atoms with van der Waals surface area (Å²) in [5, 5.41) is 22.2. The van der Waals surface area contributed by atoms with Crippen LogP contribution in [0.3, 0.4) is 0 Å². The van der Waals surface area contributed by atoms with Crippen LogP contribution in [0.25, 0.3) is 21.3 Å². The molecule has 4 aromatic rings. The van der Waals surface area contributed by atoms with Crippen molar-refractivity contribution in [3.63, 3.8) is 0 Å². The predicted molar refractivity (Wildman–Crippen MR) is 123 cm³/mol. The molecule has 0 radical (unpaired) electrons. The molecule has 0 aliphatic rings. The van der Waals surface area contributed by atoms with Crippen molar-refractivity contribution in [3.8, 4) is 11.1 Å². The monoisotopic (exact) mass is 504 g/mol. The first-order valence-electron chi connectivity index (χ1n) is 10.1. The third kappa shape index (κ3) is 4.09. The first kappa shape index (κ1) is 23.9. The second-order valence-electron chi connectivity index (χ2n) is 7.45. The predicted octanol–water partition coefficient (Wildman–Crippen LogP) is 3.42. The Hall–Kier alpha value is -4.27. The SMILES string of the molecule is CCn1ncc([N+](=O)[O-])c1C(=O)Nc1c(C(N)=O)sc2nc(C(F)F)cc(-c3cn(C)nc3C)c12. The van der Waals surface area contributed by atoms with Gasteiger partial charge in [0.05, 0.1) is 16.3 Å². The Kier molecular flexibility index (Phi) is 6.02. The summed E-state index contributed by atoms with van der Waals surface area (Å²) in [6, 6.07) is 1.16. The van der Waals surface area contributed by atoms with Gasteiger partial charge in [-0.3, -0.25) is 29.1 Å². The highest BCUT2D eigenvalue weighted by Gasteiger charge is 2.30. The zero-order valence-electron chi connectivity index (χ0n) is 18.6. The summed E-state index contributed by atoms with van der Waals surface area (Å²) in [4.78, 5) is 40.0. The molecule has 4 heterocycles. The van der Waals surface area contributed by atoms with Crippen molar-refractivity contribution in [3.05, 3.63) is 50.5 Å². The number of rotatable bonds is 7. The van der Waals surface area contributed by atoms with E-state index in [1.54, 1.807) is 27.1 Å². The number of aromatic nitrogens is 5. The summed E-state index contributed by atoms with van der Waals surface area (Å²) in [5.41, 5.74) is 5.24. The standard InChI is InChI=1S/C20H18F2N8O4S/c1-4-29-15(12(6-24-29)30(33)34)19(32)26-14-13-9(10-7-28(3)27-8(10)2)5-11(17(21)22)25-20(13)35-16(14)18(23)31/h5-7,17H,4H2,1-3H3,(H2,23,31)(H,26,32). The average Bonchev–Trinajstić information content (AvgIpc) is 3.47. The second-order valence-corrected chi connectivity index (χ2v) is 8.45. The molecule has 0 unspecified atom stereocenters. The fourth-order valence-electron chi connectivity index (χ4n) is 3.75. The number of anilines is 1. The molecule has 182 valence electrons. The molecule has 0 bridgehead atoms. The maximum atomic E-state index is 13.6. The van der Waals surface area contributed by atoms with E-state index in [0.717, 1.165) is 28.3 Å². The van der Waals surface area contributed by atoms with Gasteiger partial charge < -0.3 is 11.1 Å². The molecular weight excluding hydrogens is 486 g/mol. The van der Waals surface area contributed by atoms with Gasteiger partial charge in [-0.2, -0.15) is 10.2 Å². The minimum Gasteiger partial charge on any atom is -0.365 e. The van der Waals surface area contributed by atoms with Gasteiger partial charge in [-0.05, 0) is 25.5 Å². The van der Waals surface area contributed by atoms with Gasteiger partial charge in [0.1, 0.15) is 21.6 Å². The molecule has 0 atom stereocenters. The number of nitrogens with one attached hydrogen (secondary N) is 1. The van der Waals surface area contributed by atoms with Crippen molar-refractivity contribution in [1.29, 1.82) is 0 Å². The third-order valence-corrected chi connectivity index (χ3v) is 6.30. The number of nitrogens with zero attached hydrogens (tertiary/aromatic N) is 6. The zero-order chi connectivity index (χ0) is 25.6. The molecule has 0 fully saturated rings.